The average molecular weight is 377 g/mol. The fourth-order valence-electron chi connectivity index (χ4n) is 3.47. The van der Waals surface area contributed by atoms with E-state index in [1.54, 1.807) is 13.3 Å². The number of piperazine rings is 1. The van der Waals surface area contributed by atoms with Gasteiger partial charge >= 0.3 is 0 Å². The van der Waals surface area contributed by atoms with Gasteiger partial charge in [0.15, 0.2) is 5.96 Å². The third-order valence-electron chi connectivity index (χ3n) is 5.20. The van der Waals surface area contributed by atoms with E-state index in [0.717, 1.165) is 83.7 Å². The lowest BCUT2D eigenvalue weighted by molar-refractivity contribution is -0.130. The molecule has 9 heteroatoms. The van der Waals surface area contributed by atoms with Crippen molar-refractivity contribution in [2.75, 3.05) is 52.5 Å². The normalized spacial score (nSPS) is 21.0. The number of ether oxygens (including phenoxy) is 1. The van der Waals surface area contributed by atoms with Crippen LogP contribution in [0.5, 0.6) is 0 Å². The van der Waals surface area contributed by atoms with E-state index in [9.17, 15) is 4.79 Å². The van der Waals surface area contributed by atoms with E-state index in [4.69, 9.17) is 9.73 Å². The van der Waals surface area contributed by atoms with Crippen molar-refractivity contribution in [3.8, 4) is 0 Å². The zero-order valence-electron chi connectivity index (χ0n) is 16.4. The van der Waals surface area contributed by atoms with Gasteiger partial charge in [-0.15, -0.1) is 10.2 Å². The predicted octanol–water partition coefficient (Wildman–Crippen LogP) is -0.0133. The van der Waals surface area contributed by atoms with Gasteiger partial charge in [0.05, 0.1) is 6.61 Å². The molecule has 0 aromatic carbocycles. The van der Waals surface area contributed by atoms with Crippen molar-refractivity contribution in [2.45, 2.75) is 33.2 Å². The third kappa shape index (κ3) is 5.41. The van der Waals surface area contributed by atoms with Crippen molar-refractivity contribution in [1.82, 2.24) is 29.9 Å². The molecular formula is C18H31N7O2. The molecule has 1 atom stereocenters. The second-order valence-electron chi connectivity index (χ2n) is 7.11. The van der Waals surface area contributed by atoms with Crippen LogP contribution in [0.25, 0.3) is 0 Å². The van der Waals surface area contributed by atoms with Crippen LogP contribution in [0.3, 0.4) is 0 Å². The van der Waals surface area contributed by atoms with Crippen LogP contribution in [0, 0.1) is 5.92 Å². The molecule has 0 spiro atoms. The zero-order chi connectivity index (χ0) is 19.1. The number of amides is 1. The predicted molar refractivity (Wildman–Crippen MR) is 102 cm³/mol. The van der Waals surface area contributed by atoms with Crippen LogP contribution >= 0.6 is 0 Å². The molecule has 0 saturated carbocycles. The molecule has 2 saturated heterocycles. The van der Waals surface area contributed by atoms with Gasteiger partial charge < -0.3 is 24.4 Å². The van der Waals surface area contributed by atoms with E-state index in [0.29, 0.717) is 5.92 Å². The molecule has 3 rings (SSSR count). The summed E-state index contributed by atoms with van der Waals surface area (Å²) in [5.41, 5.74) is 0. The summed E-state index contributed by atoms with van der Waals surface area (Å²) >= 11 is 0. The molecule has 0 aliphatic carbocycles. The summed E-state index contributed by atoms with van der Waals surface area (Å²) in [5.74, 6) is 2.57. The fraction of sp³-hybridized carbons (Fsp3) is 0.778. The van der Waals surface area contributed by atoms with Crippen molar-refractivity contribution in [3.63, 3.8) is 0 Å². The first-order valence-corrected chi connectivity index (χ1v) is 9.90. The minimum absolute atomic E-state index is 0.143. The van der Waals surface area contributed by atoms with E-state index in [1.165, 1.54) is 0 Å². The van der Waals surface area contributed by atoms with Gasteiger partial charge in [-0.2, -0.15) is 0 Å². The van der Waals surface area contributed by atoms with Gasteiger partial charge in [0, 0.05) is 71.7 Å². The van der Waals surface area contributed by atoms with Crippen LogP contribution in [0.4, 0.5) is 0 Å². The van der Waals surface area contributed by atoms with Crippen LogP contribution in [0.1, 0.15) is 26.1 Å². The van der Waals surface area contributed by atoms with Crippen LogP contribution in [-0.2, 0) is 22.5 Å². The molecule has 9 nitrogen and oxygen atoms in total. The van der Waals surface area contributed by atoms with E-state index >= 15 is 0 Å². The van der Waals surface area contributed by atoms with Crippen molar-refractivity contribution in [1.29, 1.82) is 0 Å². The van der Waals surface area contributed by atoms with E-state index < -0.39 is 0 Å². The fourth-order valence-corrected chi connectivity index (χ4v) is 3.47. The van der Waals surface area contributed by atoms with E-state index in [1.807, 2.05) is 4.90 Å². The maximum atomic E-state index is 11.6. The zero-order valence-corrected chi connectivity index (χ0v) is 16.4. The number of hydrogen-bond donors (Lipinski definition) is 1. The number of nitrogens with one attached hydrogen (secondary N) is 1. The Morgan fingerprint density at radius 2 is 2.11 bits per heavy atom. The Kier molecular flexibility index (Phi) is 7.03. The molecule has 0 radical (unpaired) electrons. The van der Waals surface area contributed by atoms with Crippen molar-refractivity contribution < 1.29 is 9.53 Å². The van der Waals surface area contributed by atoms with Crippen molar-refractivity contribution >= 4 is 11.9 Å². The van der Waals surface area contributed by atoms with Gasteiger partial charge in [0.1, 0.15) is 12.2 Å². The number of carbonyl (C=O) groups is 1. The Bertz CT molecular complexity index is 631. The number of aliphatic imine (C=N–C) groups is 1. The first kappa shape index (κ1) is 19.6. The maximum Gasteiger partial charge on any atom is 0.219 e. The molecule has 1 aromatic heterocycles. The number of aryl methyl sites for hydroxylation is 1. The van der Waals surface area contributed by atoms with Crippen LogP contribution < -0.4 is 5.32 Å². The molecule has 150 valence electrons. The summed E-state index contributed by atoms with van der Waals surface area (Å²) in [6.07, 6.45) is 3.73. The molecule has 0 bridgehead atoms. The molecule has 27 heavy (non-hydrogen) atoms. The standard InChI is InChI=1S/C18H31N7O2/c1-3-17-22-21-14-25(17)6-5-19-18(20-12-16-4-11-27-13-16)24-9-7-23(8-10-24)15(2)26/h14,16H,3-13H2,1-2H3,(H,19,20). The van der Waals surface area contributed by atoms with Gasteiger partial charge in [0.25, 0.3) is 0 Å². The second kappa shape index (κ2) is 9.68. The van der Waals surface area contributed by atoms with Gasteiger partial charge in [-0.3, -0.25) is 9.79 Å². The summed E-state index contributed by atoms with van der Waals surface area (Å²) in [6.45, 7) is 10.8. The van der Waals surface area contributed by atoms with Crippen LogP contribution in [-0.4, -0.2) is 88.9 Å². The number of carbonyl (C=O) groups excluding carboxylic acids is 1. The minimum atomic E-state index is 0.143. The van der Waals surface area contributed by atoms with Gasteiger partial charge in [-0.25, -0.2) is 0 Å². The van der Waals surface area contributed by atoms with Crippen molar-refractivity contribution in [3.05, 3.63) is 12.2 Å². The Morgan fingerprint density at radius 3 is 2.78 bits per heavy atom. The highest BCUT2D eigenvalue weighted by atomic mass is 16.5. The van der Waals surface area contributed by atoms with Crippen molar-refractivity contribution in [2.24, 2.45) is 10.9 Å². The summed E-state index contributed by atoms with van der Waals surface area (Å²) in [6, 6.07) is 0. The molecule has 2 aliphatic heterocycles. The maximum absolute atomic E-state index is 11.6. The summed E-state index contributed by atoms with van der Waals surface area (Å²) in [4.78, 5) is 20.6. The first-order chi connectivity index (χ1) is 13.2. The Morgan fingerprint density at radius 1 is 1.33 bits per heavy atom. The largest absolute Gasteiger partial charge is 0.381 e. The Balaban J connectivity index is 1.57. The number of rotatable bonds is 6. The van der Waals surface area contributed by atoms with Gasteiger partial charge in [-0.1, -0.05) is 6.92 Å². The molecule has 2 aliphatic rings. The Labute approximate surface area is 160 Å². The third-order valence-corrected chi connectivity index (χ3v) is 5.20. The minimum Gasteiger partial charge on any atom is -0.381 e. The summed E-state index contributed by atoms with van der Waals surface area (Å²) < 4.78 is 7.54. The lowest BCUT2D eigenvalue weighted by Gasteiger charge is -2.36. The highest BCUT2D eigenvalue weighted by molar-refractivity contribution is 5.80. The topological polar surface area (TPSA) is 87.9 Å². The molecule has 1 amide bonds. The number of aromatic nitrogens is 3. The molecule has 1 N–H and O–H groups in total. The molecular weight excluding hydrogens is 346 g/mol. The lowest BCUT2D eigenvalue weighted by Crippen LogP contribution is -2.53. The first-order valence-electron chi connectivity index (χ1n) is 9.90. The summed E-state index contributed by atoms with van der Waals surface area (Å²) in [5, 5.41) is 11.6. The lowest BCUT2D eigenvalue weighted by atomic mass is 10.1. The SMILES string of the molecule is CCc1nncn1CCNC(=NCC1CCOC1)N1CCN(C(C)=O)CC1. The summed E-state index contributed by atoms with van der Waals surface area (Å²) in [7, 11) is 0. The number of hydrogen-bond acceptors (Lipinski definition) is 5. The van der Waals surface area contributed by atoms with E-state index in [-0.39, 0.29) is 5.91 Å². The molecule has 1 unspecified atom stereocenters. The van der Waals surface area contributed by atoms with E-state index in [2.05, 4.69) is 31.9 Å². The highest BCUT2D eigenvalue weighted by Gasteiger charge is 2.22. The molecule has 3 heterocycles. The number of nitrogens with zero attached hydrogens (tertiary/aromatic N) is 6. The smallest absolute Gasteiger partial charge is 0.219 e. The number of guanidine groups is 1. The van der Waals surface area contributed by atoms with Crippen LogP contribution in [0.2, 0.25) is 0 Å². The van der Waals surface area contributed by atoms with Crippen LogP contribution in [0.15, 0.2) is 11.3 Å². The average Bonchev–Trinajstić information content (AvgIpc) is 3.36. The quantitative estimate of drug-likeness (QED) is 0.554. The molecule has 2 fully saturated rings. The highest BCUT2D eigenvalue weighted by Crippen LogP contribution is 2.13. The molecule has 1 aromatic rings. The monoisotopic (exact) mass is 377 g/mol. The van der Waals surface area contributed by atoms with Gasteiger partial charge in [0.2, 0.25) is 5.91 Å². The van der Waals surface area contributed by atoms with Gasteiger partial charge in [-0.05, 0) is 6.42 Å². The Hall–Kier alpha value is -2.16. The second-order valence-corrected chi connectivity index (χ2v) is 7.11.